The summed E-state index contributed by atoms with van der Waals surface area (Å²) in [7, 11) is 2.13. The number of rotatable bonds is 2. The van der Waals surface area contributed by atoms with Gasteiger partial charge in [-0.15, -0.1) is 0 Å². The molecule has 0 atom stereocenters. The average Bonchev–Trinajstić information content (AvgIpc) is 2.67. The molecule has 0 spiro atoms. The molecular weight excluding hydrogens is 178 g/mol. The Morgan fingerprint density at radius 2 is 2.21 bits per heavy atom. The maximum atomic E-state index is 10.7. The molecule has 2 rings (SSSR count). The Labute approximate surface area is 83.5 Å². The molecule has 1 fully saturated rings. The Bertz CT molecular complexity index is 313. The van der Waals surface area contributed by atoms with Crippen LogP contribution in [0.3, 0.4) is 0 Å². The van der Waals surface area contributed by atoms with Crippen LogP contribution in [0.1, 0.15) is 29.5 Å². The average molecular weight is 193 g/mol. The van der Waals surface area contributed by atoms with E-state index < -0.39 is 0 Å². The minimum atomic E-state index is 0.453. The minimum Gasteiger partial charge on any atom is -0.326 e. The summed E-state index contributed by atoms with van der Waals surface area (Å²) in [6.07, 6.45) is 6.64. The van der Waals surface area contributed by atoms with Crippen molar-refractivity contribution < 1.29 is 4.79 Å². The molecular formula is C10H15N3O. The number of aromatic nitrogens is 2. The van der Waals surface area contributed by atoms with Gasteiger partial charge in [0.15, 0.2) is 12.1 Å². The van der Waals surface area contributed by atoms with Crippen molar-refractivity contribution in [3.63, 3.8) is 0 Å². The number of hydrogen-bond donors (Lipinski definition) is 0. The largest absolute Gasteiger partial charge is 0.326 e. The first-order valence-corrected chi connectivity index (χ1v) is 4.98. The zero-order chi connectivity index (χ0) is 9.97. The maximum Gasteiger partial charge on any atom is 0.185 e. The van der Waals surface area contributed by atoms with Crippen molar-refractivity contribution >= 4 is 6.29 Å². The highest BCUT2D eigenvalue weighted by molar-refractivity contribution is 5.69. The van der Waals surface area contributed by atoms with Crippen molar-refractivity contribution in [2.45, 2.75) is 18.9 Å². The molecule has 0 unspecified atom stereocenters. The second-order valence-electron chi connectivity index (χ2n) is 3.85. The first kappa shape index (κ1) is 9.40. The SMILES string of the molecule is CN1CCC(n2ccnc2C=O)CC1. The van der Waals surface area contributed by atoms with Crippen LogP contribution < -0.4 is 0 Å². The molecule has 0 aliphatic carbocycles. The normalized spacial score (nSPS) is 19.8. The maximum absolute atomic E-state index is 10.7. The van der Waals surface area contributed by atoms with E-state index in [1.807, 2.05) is 10.8 Å². The molecule has 1 saturated heterocycles. The van der Waals surface area contributed by atoms with Gasteiger partial charge in [-0.2, -0.15) is 0 Å². The number of piperidine rings is 1. The lowest BCUT2D eigenvalue weighted by Gasteiger charge is -2.30. The zero-order valence-corrected chi connectivity index (χ0v) is 8.39. The van der Waals surface area contributed by atoms with Gasteiger partial charge in [0.05, 0.1) is 0 Å². The molecule has 1 aliphatic heterocycles. The van der Waals surface area contributed by atoms with E-state index in [4.69, 9.17) is 0 Å². The third-order valence-electron chi connectivity index (χ3n) is 2.89. The molecule has 76 valence electrons. The predicted molar refractivity (Wildman–Crippen MR) is 53.4 cm³/mol. The molecule has 4 nitrogen and oxygen atoms in total. The summed E-state index contributed by atoms with van der Waals surface area (Å²) in [4.78, 5) is 17.0. The highest BCUT2D eigenvalue weighted by Gasteiger charge is 2.19. The van der Waals surface area contributed by atoms with E-state index in [9.17, 15) is 4.79 Å². The van der Waals surface area contributed by atoms with Crippen LogP contribution in [0.15, 0.2) is 12.4 Å². The minimum absolute atomic E-state index is 0.453. The van der Waals surface area contributed by atoms with Gasteiger partial charge in [0.1, 0.15) is 0 Å². The van der Waals surface area contributed by atoms with Crippen molar-refractivity contribution in [1.82, 2.24) is 14.5 Å². The van der Waals surface area contributed by atoms with Crippen LogP contribution in [-0.4, -0.2) is 40.9 Å². The molecule has 0 aromatic carbocycles. The standard InChI is InChI=1S/C10H15N3O/c1-12-5-2-9(3-6-12)13-7-4-11-10(13)8-14/h4,7-9H,2-3,5-6H2,1H3. The molecule has 2 heterocycles. The van der Waals surface area contributed by atoms with E-state index in [1.165, 1.54) is 0 Å². The summed E-state index contributed by atoms with van der Waals surface area (Å²) in [5, 5.41) is 0. The monoisotopic (exact) mass is 193 g/mol. The summed E-state index contributed by atoms with van der Waals surface area (Å²) in [5.41, 5.74) is 0. The first-order valence-electron chi connectivity index (χ1n) is 4.98. The van der Waals surface area contributed by atoms with E-state index in [-0.39, 0.29) is 0 Å². The lowest BCUT2D eigenvalue weighted by atomic mass is 10.1. The Kier molecular flexibility index (Phi) is 2.63. The number of aldehydes is 1. The third kappa shape index (κ3) is 1.70. The van der Waals surface area contributed by atoms with Crippen molar-refractivity contribution in [3.05, 3.63) is 18.2 Å². The number of carbonyl (C=O) groups excluding carboxylic acids is 1. The van der Waals surface area contributed by atoms with Gasteiger partial charge in [0, 0.05) is 18.4 Å². The highest BCUT2D eigenvalue weighted by atomic mass is 16.1. The number of hydrogen-bond acceptors (Lipinski definition) is 3. The molecule has 0 N–H and O–H groups in total. The lowest BCUT2D eigenvalue weighted by Crippen LogP contribution is -2.31. The quantitative estimate of drug-likeness (QED) is 0.657. The van der Waals surface area contributed by atoms with Crippen LogP contribution in [0.2, 0.25) is 0 Å². The summed E-state index contributed by atoms with van der Waals surface area (Å²) < 4.78 is 2.00. The molecule has 0 amide bonds. The zero-order valence-electron chi connectivity index (χ0n) is 8.39. The number of nitrogens with zero attached hydrogens (tertiary/aromatic N) is 3. The van der Waals surface area contributed by atoms with Gasteiger partial charge in [-0.05, 0) is 33.0 Å². The van der Waals surface area contributed by atoms with Crippen LogP contribution >= 0.6 is 0 Å². The molecule has 0 radical (unpaired) electrons. The Balaban J connectivity index is 2.11. The molecule has 1 aromatic heterocycles. The van der Waals surface area contributed by atoms with Gasteiger partial charge < -0.3 is 9.47 Å². The molecule has 1 aliphatic rings. The Morgan fingerprint density at radius 1 is 1.50 bits per heavy atom. The van der Waals surface area contributed by atoms with E-state index in [0.717, 1.165) is 32.2 Å². The second kappa shape index (κ2) is 3.92. The Hall–Kier alpha value is -1.16. The van der Waals surface area contributed by atoms with Gasteiger partial charge in [-0.25, -0.2) is 4.98 Å². The van der Waals surface area contributed by atoms with Crippen molar-refractivity contribution in [2.75, 3.05) is 20.1 Å². The summed E-state index contributed by atoms with van der Waals surface area (Å²) in [6, 6.07) is 0.453. The van der Waals surface area contributed by atoms with E-state index in [0.29, 0.717) is 11.9 Å². The Morgan fingerprint density at radius 3 is 2.86 bits per heavy atom. The van der Waals surface area contributed by atoms with Crippen molar-refractivity contribution in [3.8, 4) is 0 Å². The molecule has 4 heteroatoms. The fraction of sp³-hybridized carbons (Fsp3) is 0.600. The van der Waals surface area contributed by atoms with Gasteiger partial charge in [-0.1, -0.05) is 0 Å². The lowest BCUT2D eigenvalue weighted by molar-refractivity contribution is 0.110. The molecule has 1 aromatic rings. The fourth-order valence-electron chi connectivity index (χ4n) is 2.00. The van der Waals surface area contributed by atoms with Crippen LogP contribution in [0.25, 0.3) is 0 Å². The van der Waals surface area contributed by atoms with Crippen LogP contribution in [0.4, 0.5) is 0 Å². The number of imidazole rings is 1. The molecule has 14 heavy (non-hydrogen) atoms. The van der Waals surface area contributed by atoms with Gasteiger partial charge in [0.25, 0.3) is 0 Å². The summed E-state index contributed by atoms with van der Waals surface area (Å²) in [6.45, 7) is 2.20. The van der Waals surface area contributed by atoms with E-state index >= 15 is 0 Å². The van der Waals surface area contributed by atoms with Gasteiger partial charge in [0.2, 0.25) is 0 Å². The summed E-state index contributed by atoms with van der Waals surface area (Å²) >= 11 is 0. The second-order valence-corrected chi connectivity index (χ2v) is 3.85. The predicted octanol–water partition coefficient (Wildman–Crippen LogP) is 0.962. The van der Waals surface area contributed by atoms with Gasteiger partial charge in [-0.3, -0.25) is 4.79 Å². The van der Waals surface area contributed by atoms with E-state index in [1.54, 1.807) is 6.20 Å². The van der Waals surface area contributed by atoms with Crippen LogP contribution in [0, 0.1) is 0 Å². The number of likely N-dealkylation sites (tertiary alicyclic amines) is 1. The van der Waals surface area contributed by atoms with E-state index in [2.05, 4.69) is 16.9 Å². The fourth-order valence-corrected chi connectivity index (χ4v) is 2.00. The van der Waals surface area contributed by atoms with Gasteiger partial charge >= 0.3 is 0 Å². The van der Waals surface area contributed by atoms with Crippen LogP contribution in [0.5, 0.6) is 0 Å². The van der Waals surface area contributed by atoms with Crippen molar-refractivity contribution in [2.24, 2.45) is 0 Å². The first-order chi connectivity index (χ1) is 6.81. The highest BCUT2D eigenvalue weighted by Crippen LogP contribution is 2.22. The topological polar surface area (TPSA) is 38.1 Å². The number of carbonyl (C=O) groups is 1. The summed E-state index contributed by atoms with van der Waals surface area (Å²) in [5.74, 6) is 0.555. The molecule has 0 saturated carbocycles. The molecule has 0 bridgehead atoms. The van der Waals surface area contributed by atoms with Crippen molar-refractivity contribution in [1.29, 1.82) is 0 Å². The third-order valence-corrected chi connectivity index (χ3v) is 2.89. The smallest absolute Gasteiger partial charge is 0.185 e. The van der Waals surface area contributed by atoms with Crippen LogP contribution in [-0.2, 0) is 0 Å².